The number of hydrogen-bond donors (Lipinski definition) is 1. The highest BCUT2D eigenvalue weighted by atomic mass is 35.5. The van der Waals surface area contributed by atoms with Crippen molar-refractivity contribution >= 4 is 38.9 Å². The molecule has 3 rings (SSSR count). The first kappa shape index (κ1) is 26.4. The lowest BCUT2D eigenvalue weighted by molar-refractivity contribution is -0.138. The van der Waals surface area contributed by atoms with Gasteiger partial charge in [0.25, 0.3) is 10.0 Å². The van der Waals surface area contributed by atoms with Gasteiger partial charge in [0.2, 0.25) is 5.91 Å². The highest BCUT2D eigenvalue weighted by Gasteiger charge is 2.35. The molecule has 0 heterocycles. The molecule has 186 valence electrons. The number of amides is 1. The summed E-state index contributed by atoms with van der Waals surface area (Å²) in [5, 5.41) is 1.51. The molecule has 1 N–H and O–H groups in total. The Morgan fingerprint density at radius 1 is 0.857 bits per heavy atom. The van der Waals surface area contributed by atoms with Gasteiger partial charge in [-0.2, -0.15) is 26.3 Å². The molecule has 0 aliphatic heterocycles. The molecule has 0 fully saturated rings. The highest BCUT2D eigenvalue weighted by molar-refractivity contribution is 7.92. The van der Waals surface area contributed by atoms with Gasteiger partial charge in [-0.3, -0.25) is 9.10 Å². The normalized spacial score (nSPS) is 12.3. The van der Waals surface area contributed by atoms with Gasteiger partial charge in [0, 0.05) is 5.69 Å². The first-order chi connectivity index (χ1) is 16.2. The van der Waals surface area contributed by atoms with E-state index >= 15 is 0 Å². The molecule has 0 unspecified atom stereocenters. The van der Waals surface area contributed by atoms with E-state index in [1.807, 2.05) is 0 Å². The zero-order chi connectivity index (χ0) is 26.0. The summed E-state index contributed by atoms with van der Waals surface area (Å²) in [7, 11) is -4.54. The van der Waals surface area contributed by atoms with E-state index in [0.717, 1.165) is 30.3 Å². The number of nitrogens with zero attached hydrogens (tertiary/aromatic N) is 1. The summed E-state index contributed by atoms with van der Waals surface area (Å²) in [6.45, 7) is -1.03. The monoisotopic (exact) mass is 536 g/mol. The van der Waals surface area contributed by atoms with Crippen molar-refractivity contribution in [1.29, 1.82) is 0 Å². The Morgan fingerprint density at radius 2 is 1.51 bits per heavy atom. The maximum absolute atomic E-state index is 13.2. The molecule has 3 aromatic rings. The van der Waals surface area contributed by atoms with Crippen LogP contribution in [0.25, 0.3) is 0 Å². The largest absolute Gasteiger partial charge is 0.417 e. The number of carbonyl (C=O) groups excluding carboxylic acids is 1. The first-order valence-electron chi connectivity index (χ1n) is 9.61. The van der Waals surface area contributed by atoms with Crippen molar-refractivity contribution in [3.63, 3.8) is 0 Å². The smallest absolute Gasteiger partial charge is 0.324 e. The van der Waals surface area contributed by atoms with Crippen molar-refractivity contribution in [3.05, 3.63) is 88.9 Å². The minimum atomic E-state index is -4.82. The lowest BCUT2D eigenvalue weighted by atomic mass is 10.2. The van der Waals surface area contributed by atoms with Crippen molar-refractivity contribution in [3.8, 4) is 0 Å². The predicted octanol–water partition coefficient (Wildman–Crippen LogP) is 6.21. The lowest BCUT2D eigenvalue weighted by Crippen LogP contribution is -2.38. The third kappa shape index (κ3) is 6.25. The van der Waals surface area contributed by atoms with Crippen LogP contribution in [0, 0.1) is 0 Å². The molecule has 0 radical (unpaired) electrons. The van der Waals surface area contributed by atoms with Crippen molar-refractivity contribution in [2.45, 2.75) is 17.2 Å². The highest BCUT2D eigenvalue weighted by Crippen LogP contribution is 2.36. The van der Waals surface area contributed by atoms with Gasteiger partial charge in [0.15, 0.2) is 0 Å². The predicted molar refractivity (Wildman–Crippen MR) is 118 cm³/mol. The molecule has 0 bridgehead atoms. The quantitative estimate of drug-likeness (QED) is 0.381. The SMILES string of the molecule is O=C(CN(c1cccc(C(F)(F)F)c1)S(=O)(=O)c1ccccc1)Nc1ccc(Cl)c(C(F)(F)F)c1. The minimum Gasteiger partial charge on any atom is -0.324 e. The van der Waals surface area contributed by atoms with Gasteiger partial charge in [0.05, 0.1) is 26.7 Å². The Morgan fingerprint density at radius 3 is 2.11 bits per heavy atom. The molecular weight excluding hydrogens is 522 g/mol. The fraction of sp³-hybridized carbons (Fsp3) is 0.136. The van der Waals surface area contributed by atoms with Gasteiger partial charge in [-0.25, -0.2) is 8.42 Å². The van der Waals surface area contributed by atoms with E-state index < -0.39 is 56.7 Å². The van der Waals surface area contributed by atoms with E-state index in [-0.39, 0.29) is 10.6 Å². The Balaban J connectivity index is 1.99. The third-order valence-electron chi connectivity index (χ3n) is 4.64. The summed E-state index contributed by atoms with van der Waals surface area (Å²) in [5.74, 6) is -1.10. The third-order valence-corrected chi connectivity index (χ3v) is 6.75. The molecule has 13 heteroatoms. The average Bonchev–Trinajstić information content (AvgIpc) is 2.78. The molecule has 3 aromatic carbocycles. The van der Waals surface area contributed by atoms with Crippen molar-refractivity contribution in [1.82, 2.24) is 0 Å². The maximum Gasteiger partial charge on any atom is 0.417 e. The van der Waals surface area contributed by atoms with E-state index in [1.54, 1.807) is 0 Å². The second kappa shape index (κ2) is 9.78. The topological polar surface area (TPSA) is 66.5 Å². The molecule has 0 atom stereocenters. The molecule has 35 heavy (non-hydrogen) atoms. The molecule has 0 saturated heterocycles. The molecule has 0 aliphatic carbocycles. The number of rotatable bonds is 6. The van der Waals surface area contributed by atoms with Crippen LogP contribution in [0.15, 0.2) is 77.7 Å². The Bertz CT molecular complexity index is 1330. The van der Waals surface area contributed by atoms with E-state index in [9.17, 15) is 39.6 Å². The number of carbonyl (C=O) groups is 1. The number of nitrogens with one attached hydrogen (secondary N) is 1. The standard InChI is InChI=1S/C22H15ClF6N2O3S/c23-19-10-9-15(12-18(19)22(27,28)29)30-20(32)13-31(35(33,34)17-7-2-1-3-8-17)16-6-4-5-14(11-16)21(24,25)26/h1-12H,13H2,(H,30,32). The minimum absolute atomic E-state index is 0.309. The summed E-state index contributed by atoms with van der Waals surface area (Å²) in [5.41, 5.74) is -3.20. The van der Waals surface area contributed by atoms with Gasteiger partial charge in [-0.1, -0.05) is 35.9 Å². The average molecular weight is 537 g/mol. The molecular formula is C22H15ClF6N2O3S. The van der Waals surface area contributed by atoms with Crippen LogP contribution in [0.1, 0.15) is 11.1 Å². The van der Waals surface area contributed by atoms with E-state index in [0.29, 0.717) is 16.4 Å². The number of halogens is 7. The van der Waals surface area contributed by atoms with Crippen LogP contribution < -0.4 is 9.62 Å². The summed E-state index contributed by atoms with van der Waals surface area (Å²) in [4.78, 5) is 12.3. The van der Waals surface area contributed by atoms with Gasteiger partial charge < -0.3 is 5.32 Å². The van der Waals surface area contributed by atoms with Crippen LogP contribution in [0.4, 0.5) is 37.7 Å². The van der Waals surface area contributed by atoms with Crippen molar-refractivity contribution in [2.24, 2.45) is 0 Å². The van der Waals surface area contributed by atoms with Crippen LogP contribution in [0.2, 0.25) is 5.02 Å². The number of sulfonamides is 1. The van der Waals surface area contributed by atoms with Crippen LogP contribution in [-0.2, 0) is 27.2 Å². The van der Waals surface area contributed by atoms with Crippen LogP contribution in [0.5, 0.6) is 0 Å². The van der Waals surface area contributed by atoms with Crippen molar-refractivity contribution in [2.75, 3.05) is 16.2 Å². The van der Waals surface area contributed by atoms with Gasteiger partial charge in [-0.05, 0) is 48.5 Å². The van der Waals surface area contributed by atoms with Crippen molar-refractivity contribution < 1.29 is 39.6 Å². The van der Waals surface area contributed by atoms with Gasteiger partial charge >= 0.3 is 12.4 Å². The number of anilines is 2. The van der Waals surface area contributed by atoms with Gasteiger partial charge in [0.1, 0.15) is 6.54 Å². The van der Waals surface area contributed by atoms with Crippen LogP contribution in [-0.4, -0.2) is 20.9 Å². The molecule has 0 spiro atoms. The van der Waals surface area contributed by atoms with E-state index in [1.165, 1.54) is 30.3 Å². The number of hydrogen-bond acceptors (Lipinski definition) is 3. The fourth-order valence-corrected chi connectivity index (χ4v) is 4.68. The zero-order valence-electron chi connectivity index (χ0n) is 17.4. The summed E-state index contributed by atoms with van der Waals surface area (Å²) in [6.07, 6.45) is -9.61. The van der Waals surface area contributed by atoms with Gasteiger partial charge in [-0.15, -0.1) is 0 Å². The Labute approximate surface area is 201 Å². The molecule has 5 nitrogen and oxygen atoms in total. The maximum atomic E-state index is 13.2. The Hall–Kier alpha value is -3.25. The fourth-order valence-electron chi connectivity index (χ4n) is 3.02. The zero-order valence-corrected chi connectivity index (χ0v) is 18.9. The summed E-state index contributed by atoms with van der Waals surface area (Å²) in [6, 6.07) is 12.5. The lowest BCUT2D eigenvalue weighted by Gasteiger charge is -2.25. The number of benzene rings is 3. The first-order valence-corrected chi connectivity index (χ1v) is 11.4. The summed E-state index contributed by atoms with van der Waals surface area (Å²) < 4.78 is 106. The molecule has 0 saturated carbocycles. The van der Waals surface area contributed by atoms with Crippen LogP contribution in [0.3, 0.4) is 0 Å². The second-order valence-corrected chi connectivity index (χ2v) is 9.38. The molecule has 0 aromatic heterocycles. The number of alkyl halides is 6. The van der Waals surface area contributed by atoms with E-state index in [4.69, 9.17) is 11.6 Å². The summed E-state index contributed by atoms with van der Waals surface area (Å²) >= 11 is 5.55. The Kier molecular flexibility index (Phi) is 7.37. The molecule has 0 aliphatic rings. The second-order valence-electron chi connectivity index (χ2n) is 7.11. The van der Waals surface area contributed by atoms with E-state index in [2.05, 4.69) is 5.32 Å². The molecule has 1 amide bonds. The van der Waals surface area contributed by atoms with Crippen LogP contribution >= 0.6 is 11.6 Å².